The minimum absolute atomic E-state index is 0.297. The van der Waals surface area contributed by atoms with E-state index in [1.54, 1.807) is 0 Å². The number of benzene rings is 4. The van der Waals surface area contributed by atoms with Crippen LogP contribution in [-0.2, 0) is 25.5 Å². The molecule has 2 atom stereocenters. The molecule has 1 N–H and O–H groups in total. The highest BCUT2D eigenvalue weighted by atomic mass is 16.5. The van der Waals surface area contributed by atoms with Gasteiger partial charge in [0.15, 0.2) is 6.10 Å². The Balaban J connectivity index is 1.71. The largest absolute Gasteiger partial charge is 0.467 e. The SMILES string of the molecule is COC(=O)[C@@H](Cc1c2ccccc2cc2ccccc12)NC(=O)[C@@H](OC)c1ccccc1. The number of fused-ring (bicyclic) bond motifs is 2. The van der Waals surface area contributed by atoms with Crippen LogP contribution in [0.25, 0.3) is 21.5 Å². The first kappa shape index (κ1) is 21.5. The van der Waals surface area contributed by atoms with E-state index in [0.29, 0.717) is 12.0 Å². The Labute approximate surface area is 187 Å². The van der Waals surface area contributed by atoms with Crippen molar-refractivity contribution in [1.29, 1.82) is 0 Å². The van der Waals surface area contributed by atoms with Crippen LogP contribution in [0.15, 0.2) is 84.9 Å². The number of carbonyl (C=O) groups excluding carboxylic acids is 2. The van der Waals surface area contributed by atoms with Gasteiger partial charge in [0.1, 0.15) is 6.04 Å². The molecule has 0 heterocycles. The van der Waals surface area contributed by atoms with Gasteiger partial charge in [0.05, 0.1) is 7.11 Å². The third-order valence-corrected chi connectivity index (χ3v) is 5.67. The van der Waals surface area contributed by atoms with Crippen molar-refractivity contribution in [1.82, 2.24) is 5.32 Å². The van der Waals surface area contributed by atoms with Crippen LogP contribution in [0.5, 0.6) is 0 Å². The van der Waals surface area contributed by atoms with Crippen molar-refractivity contribution < 1.29 is 19.1 Å². The second-order valence-corrected chi connectivity index (χ2v) is 7.61. The minimum Gasteiger partial charge on any atom is -0.467 e. The third kappa shape index (κ3) is 4.34. The molecule has 0 saturated heterocycles. The molecule has 0 fully saturated rings. The van der Waals surface area contributed by atoms with Gasteiger partial charge >= 0.3 is 5.97 Å². The summed E-state index contributed by atoms with van der Waals surface area (Å²) < 4.78 is 10.5. The van der Waals surface area contributed by atoms with Gasteiger partial charge < -0.3 is 14.8 Å². The lowest BCUT2D eigenvalue weighted by Crippen LogP contribution is -2.45. The van der Waals surface area contributed by atoms with Crippen LogP contribution < -0.4 is 5.32 Å². The maximum absolute atomic E-state index is 13.1. The number of nitrogens with one attached hydrogen (secondary N) is 1. The lowest BCUT2D eigenvalue weighted by Gasteiger charge is -2.22. The van der Waals surface area contributed by atoms with Gasteiger partial charge in [0.25, 0.3) is 5.91 Å². The van der Waals surface area contributed by atoms with E-state index in [4.69, 9.17) is 9.47 Å². The Morgan fingerprint density at radius 1 is 0.812 bits per heavy atom. The van der Waals surface area contributed by atoms with Crippen molar-refractivity contribution in [2.75, 3.05) is 14.2 Å². The van der Waals surface area contributed by atoms with Crippen molar-refractivity contribution in [3.05, 3.63) is 96.1 Å². The zero-order chi connectivity index (χ0) is 22.5. The number of esters is 1. The Morgan fingerprint density at radius 2 is 1.38 bits per heavy atom. The van der Waals surface area contributed by atoms with E-state index < -0.39 is 24.0 Å². The summed E-state index contributed by atoms with van der Waals surface area (Å²) in [7, 11) is 2.80. The summed E-state index contributed by atoms with van der Waals surface area (Å²) in [6.07, 6.45) is -0.529. The summed E-state index contributed by atoms with van der Waals surface area (Å²) >= 11 is 0. The molecule has 1 amide bonds. The fourth-order valence-corrected chi connectivity index (χ4v) is 4.14. The highest BCUT2D eigenvalue weighted by molar-refractivity contribution is 6.02. The predicted octanol–water partition coefficient (Wildman–Crippen LogP) is 4.58. The van der Waals surface area contributed by atoms with Gasteiger partial charge in [-0.05, 0) is 38.7 Å². The molecule has 0 aromatic heterocycles. The van der Waals surface area contributed by atoms with Crippen LogP contribution in [0.3, 0.4) is 0 Å². The Hall–Kier alpha value is -3.70. The zero-order valence-corrected chi connectivity index (χ0v) is 18.1. The monoisotopic (exact) mass is 427 g/mol. The Kier molecular flexibility index (Phi) is 6.47. The number of methoxy groups -OCH3 is 2. The van der Waals surface area contributed by atoms with Crippen molar-refractivity contribution in [2.24, 2.45) is 0 Å². The van der Waals surface area contributed by atoms with Gasteiger partial charge in [0, 0.05) is 13.5 Å². The summed E-state index contributed by atoms with van der Waals surface area (Å²) in [5, 5.41) is 7.10. The van der Waals surface area contributed by atoms with Gasteiger partial charge in [-0.1, -0.05) is 78.9 Å². The fourth-order valence-electron chi connectivity index (χ4n) is 4.14. The molecule has 0 saturated carbocycles. The summed E-state index contributed by atoms with van der Waals surface area (Å²) in [5.74, 6) is -0.892. The molecule has 0 aliphatic heterocycles. The Morgan fingerprint density at radius 3 is 1.94 bits per heavy atom. The maximum Gasteiger partial charge on any atom is 0.328 e. The van der Waals surface area contributed by atoms with E-state index in [2.05, 4.69) is 11.4 Å². The van der Waals surface area contributed by atoms with E-state index in [1.807, 2.05) is 78.9 Å². The average molecular weight is 428 g/mol. The van der Waals surface area contributed by atoms with Gasteiger partial charge in [-0.3, -0.25) is 4.79 Å². The number of hydrogen-bond acceptors (Lipinski definition) is 4. The van der Waals surface area contributed by atoms with Gasteiger partial charge in [-0.15, -0.1) is 0 Å². The number of rotatable bonds is 7. The molecular weight excluding hydrogens is 402 g/mol. The summed E-state index contributed by atoms with van der Waals surface area (Å²) in [6.45, 7) is 0. The highest BCUT2D eigenvalue weighted by Crippen LogP contribution is 2.30. The highest BCUT2D eigenvalue weighted by Gasteiger charge is 2.28. The molecule has 5 heteroatoms. The lowest BCUT2D eigenvalue weighted by atomic mass is 9.92. The number of ether oxygens (including phenoxy) is 2. The minimum atomic E-state index is -0.858. The normalized spacial score (nSPS) is 12.9. The molecule has 5 nitrogen and oxygen atoms in total. The first-order chi connectivity index (χ1) is 15.6. The van der Waals surface area contributed by atoms with Gasteiger partial charge in [-0.2, -0.15) is 0 Å². The molecule has 32 heavy (non-hydrogen) atoms. The van der Waals surface area contributed by atoms with Gasteiger partial charge in [0.2, 0.25) is 0 Å². The van der Waals surface area contributed by atoms with Crippen LogP contribution in [0.1, 0.15) is 17.2 Å². The molecule has 0 radical (unpaired) electrons. The number of carbonyl (C=O) groups is 2. The van der Waals surface area contributed by atoms with Gasteiger partial charge in [-0.25, -0.2) is 4.79 Å². The van der Waals surface area contributed by atoms with E-state index in [1.165, 1.54) is 14.2 Å². The zero-order valence-electron chi connectivity index (χ0n) is 18.1. The second kappa shape index (κ2) is 9.62. The van der Waals surface area contributed by atoms with Crippen LogP contribution in [-0.4, -0.2) is 32.1 Å². The second-order valence-electron chi connectivity index (χ2n) is 7.61. The lowest BCUT2D eigenvalue weighted by molar-refractivity contribution is -0.146. The summed E-state index contributed by atoms with van der Waals surface area (Å²) in [5.41, 5.74) is 1.70. The standard InChI is InChI=1S/C27H25NO4/c1-31-25(18-10-4-3-5-11-18)26(29)28-24(27(30)32-2)17-23-21-14-8-6-12-19(21)16-20-13-7-9-15-22(20)23/h3-16,24-25H,17H2,1-2H3,(H,28,29)/t24-,25+/m1/s1. The van der Waals surface area contributed by atoms with Crippen LogP contribution in [0.4, 0.5) is 0 Å². The fraction of sp³-hybridized carbons (Fsp3) is 0.185. The molecule has 4 aromatic rings. The quantitative estimate of drug-likeness (QED) is 0.346. The van der Waals surface area contributed by atoms with Crippen molar-refractivity contribution in [2.45, 2.75) is 18.6 Å². The van der Waals surface area contributed by atoms with Crippen molar-refractivity contribution in [3.63, 3.8) is 0 Å². The average Bonchev–Trinajstić information content (AvgIpc) is 2.84. The number of hydrogen-bond donors (Lipinski definition) is 1. The summed E-state index contributed by atoms with van der Waals surface area (Å²) in [6, 6.07) is 26.6. The molecule has 162 valence electrons. The Bertz CT molecular complexity index is 1200. The molecule has 4 aromatic carbocycles. The molecule has 0 bridgehead atoms. The van der Waals surface area contributed by atoms with Crippen molar-refractivity contribution in [3.8, 4) is 0 Å². The van der Waals surface area contributed by atoms with Crippen LogP contribution in [0.2, 0.25) is 0 Å². The molecule has 0 spiro atoms. The first-order valence-corrected chi connectivity index (χ1v) is 10.5. The smallest absolute Gasteiger partial charge is 0.328 e. The van der Waals surface area contributed by atoms with E-state index >= 15 is 0 Å². The van der Waals surface area contributed by atoms with E-state index in [0.717, 1.165) is 27.1 Å². The van der Waals surface area contributed by atoms with Crippen LogP contribution in [0, 0.1) is 0 Å². The number of amides is 1. The molecular formula is C27H25NO4. The first-order valence-electron chi connectivity index (χ1n) is 10.5. The molecule has 0 aliphatic rings. The van der Waals surface area contributed by atoms with E-state index in [9.17, 15) is 9.59 Å². The molecule has 4 rings (SSSR count). The molecule has 0 unspecified atom stereocenters. The topological polar surface area (TPSA) is 64.6 Å². The molecule has 0 aliphatic carbocycles. The summed E-state index contributed by atoms with van der Waals surface area (Å²) in [4.78, 5) is 25.8. The third-order valence-electron chi connectivity index (χ3n) is 5.67. The predicted molar refractivity (Wildman–Crippen MR) is 125 cm³/mol. The van der Waals surface area contributed by atoms with Crippen molar-refractivity contribution >= 4 is 33.4 Å². The van der Waals surface area contributed by atoms with Crippen LogP contribution >= 0.6 is 0 Å². The maximum atomic E-state index is 13.1. The van der Waals surface area contributed by atoms with E-state index in [-0.39, 0.29) is 0 Å².